The van der Waals surface area contributed by atoms with E-state index >= 15 is 0 Å². The van der Waals surface area contributed by atoms with Gasteiger partial charge < -0.3 is 14.6 Å². The van der Waals surface area contributed by atoms with E-state index < -0.39 is 5.91 Å². The zero-order chi connectivity index (χ0) is 17.4. The van der Waals surface area contributed by atoms with Gasteiger partial charge in [0.25, 0.3) is 5.91 Å². The molecule has 124 valence electrons. The lowest BCUT2D eigenvalue weighted by Gasteiger charge is -2.18. The number of carbonyl (C=O) groups excluding carboxylic acids is 1. The number of hydrogen-bond donors (Lipinski definition) is 1. The molecule has 0 atom stereocenters. The molecular formula is C18H16ClFN2O2. The van der Waals surface area contributed by atoms with Crippen molar-refractivity contribution in [1.29, 1.82) is 0 Å². The van der Waals surface area contributed by atoms with E-state index in [-0.39, 0.29) is 11.6 Å². The van der Waals surface area contributed by atoms with Gasteiger partial charge in [0.2, 0.25) is 0 Å². The standard InChI is InChI=1S/C18H16ClFN2O2/c1-10-13-9-12(20)5-7-16(13)24-17(10)18(23)21-14-8-11(19)4-6-15(14)22(2)3/h4-9H,1-3H3,(H,21,23). The van der Waals surface area contributed by atoms with Crippen LogP contribution >= 0.6 is 11.6 Å². The summed E-state index contributed by atoms with van der Waals surface area (Å²) in [7, 11) is 3.74. The van der Waals surface area contributed by atoms with Crippen molar-refractivity contribution in [2.24, 2.45) is 0 Å². The molecule has 3 aromatic rings. The Labute approximate surface area is 143 Å². The van der Waals surface area contributed by atoms with E-state index in [1.165, 1.54) is 18.2 Å². The normalized spacial score (nSPS) is 10.9. The highest BCUT2D eigenvalue weighted by Gasteiger charge is 2.19. The van der Waals surface area contributed by atoms with Gasteiger partial charge in [-0.2, -0.15) is 0 Å². The third-order valence-electron chi connectivity index (χ3n) is 3.79. The third kappa shape index (κ3) is 2.95. The molecule has 3 rings (SSSR count). The van der Waals surface area contributed by atoms with Gasteiger partial charge in [-0.15, -0.1) is 0 Å². The van der Waals surface area contributed by atoms with Crippen molar-refractivity contribution in [2.45, 2.75) is 6.92 Å². The van der Waals surface area contributed by atoms with E-state index in [0.717, 1.165) is 5.69 Å². The molecule has 1 aromatic heterocycles. The summed E-state index contributed by atoms with van der Waals surface area (Å²) >= 11 is 6.03. The van der Waals surface area contributed by atoms with Crippen LogP contribution in [0, 0.1) is 12.7 Å². The van der Waals surface area contributed by atoms with Crippen LogP contribution in [0.5, 0.6) is 0 Å². The molecule has 6 heteroatoms. The second-order valence-electron chi connectivity index (χ2n) is 5.71. The molecule has 2 aromatic carbocycles. The molecule has 4 nitrogen and oxygen atoms in total. The minimum atomic E-state index is -0.408. The highest BCUT2D eigenvalue weighted by Crippen LogP contribution is 2.30. The van der Waals surface area contributed by atoms with Crippen LogP contribution in [-0.2, 0) is 0 Å². The van der Waals surface area contributed by atoms with Crippen LogP contribution in [0.15, 0.2) is 40.8 Å². The molecule has 0 aliphatic heterocycles. The fourth-order valence-electron chi connectivity index (χ4n) is 2.59. The molecule has 24 heavy (non-hydrogen) atoms. The highest BCUT2D eigenvalue weighted by molar-refractivity contribution is 6.31. The Balaban J connectivity index is 1.99. The molecule has 0 bridgehead atoms. The minimum Gasteiger partial charge on any atom is -0.451 e. The van der Waals surface area contributed by atoms with E-state index in [0.29, 0.717) is 27.2 Å². The summed E-state index contributed by atoms with van der Waals surface area (Å²) in [5.41, 5.74) is 2.45. The first-order valence-electron chi connectivity index (χ1n) is 7.33. The van der Waals surface area contributed by atoms with Gasteiger partial charge in [-0.05, 0) is 43.3 Å². The number of benzene rings is 2. The Kier molecular flexibility index (Phi) is 4.20. The zero-order valence-electron chi connectivity index (χ0n) is 13.5. The molecule has 0 spiro atoms. The first kappa shape index (κ1) is 16.3. The van der Waals surface area contributed by atoms with Crippen molar-refractivity contribution >= 4 is 39.9 Å². The van der Waals surface area contributed by atoms with Crippen LogP contribution in [-0.4, -0.2) is 20.0 Å². The van der Waals surface area contributed by atoms with Crippen LogP contribution in [0.25, 0.3) is 11.0 Å². The molecule has 0 radical (unpaired) electrons. The van der Waals surface area contributed by atoms with Gasteiger partial charge in [-0.3, -0.25) is 4.79 Å². The molecule has 0 aliphatic carbocycles. The maximum absolute atomic E-state index is 13.4. The van der Waals surface area contributed by atoms with Gasteiger partial charge >= 0.3 is 0 Å². The number of anilines is 2. The van der Waals surface area contributed by atoms with E-state index in [2.05, 4.69) is 5.32 Å². The van der Waals surface area contributed by atoms with Crippen LogP contribution < -0.4 is 10.2 Å². The van der Waals surface area contributed by atoms with Crippen molar-refractivity contribution < 1.29 is 13.6 Å². The number of carbonyl (C=O) groups is 1. The van der Waals surface area contributed by atoms with E-state index in [9.17, 15) is 9.18 Å². The van der Waals surface area contributed by atoms with Crippen LogP contribution in [0.2, 0.25) is 5.02 Å². The van der Waals surface area contributed by atoms with Crippen molar-refractivity contribution in [2.75, 3.05) is 24.3 Å². The number of aryl methyl sites for hydroxylation is 1. The number of fused-ring (bicyclic) bond motifs is 1. The van der Waals surface area contributed by atoms with Gasteiger partial charge in [0, 0.05) is 30.1 Å². The zero-order valence-corrected chi connectivity index (χ0v) is 14.2. The largest absolute Gasteiger partial charge is 0.451 e. The second kappa shape index (κ2) is 6.17. The van der Waals surface area contributed by atoms with Crippen LogP contribution in [0.1, 0.15) is 16.1 Å². The topological polar surface area (TPSA) is 45.5 Å². The van der Waals surface area contributed by atoms with Crippen molar-refractivity contribution in [3.05, 3.63) is 58.6 Å². The smallest absolute Gasteiger partial charge is 0.291 e. The fourth-order valence-corrected chi connectivity index (χ4v) is 2.76. The van der Waals surface area contributed by atoms with Crippen LogP contribution in [0.4, 0.5) is 15.8 Å². The fraction of sp³-hybridized carbons (Fsp3) is 0.167. The number of nitrogens with zero attached hydrogens (tertiary/aromatic N) is 1. The lowest BCUT2D eigenvalue weighted by atomic mass is 10.1. The summed E-state index contributed by atoms with van der Waals surface area (Å²) in [4.78, 5) is 14.5. The Hall–Kier alpha value is -2.53. The lowest BCUT2D eigenvalue weighted by Crippen LogP contribution is -2.17. The number of halogens is 2. The molecular weight excluding hydrogens is 331 g/mol. The molecule has 1 amide bonds. The summed E-state index contributed by atoms with van der Waals surface area (Å²) in [5, 5.41) is 3.91. The third-order valence-corrected chi connectivity index (χ3v) is 4.03. The maximum Gasteiger partial charge on any atom is 0.291 e. The maximum atomic E-state index is 13.4. The average molecular weight is 347 g/mol. The molecule has 0 unspecified atom stereocenters. The summed E-state index contributed by atoms with van der Waals surface area (Å²) in [5.74, 6) is -0.627. The van der Waals surface area contributed by atoms with Gasteiger partial charge in [0.15, 0.2) is 5.76 Å². The first-order valence-corrected chi connectivity index (χ1v) is 7.71. The predicted molar refractivity (Wildman–Crippen MR) is 94.6 cm³/mol. The van der Waals surface area contributed by atoms with Crippen molar-refractivity contribution in [3.63, 3.8) is 0 Å². The molecule has 0 saturated carbocycles. The van der Waals surface area contributed by atoms with Crippen LogP contribution in [0.3, 0.4) is 0 Å². The minimum absolute atomic E-state index is 0.153. The Morgan fingerprint density at radius 1 is 1.21 bits per heavy atom. The number of hydrogen-bond acceptors (Lipinski definition) is 3. The Morgan fingerprint density at radius 2 is 1.96 bits per heavy atom. The quantitative estimate of drug-likeness (QED) is 0.737. The highest BCUT2D eigenvalue weighted by atomic mass is 35.5. The Morgan fingerprint density at radius 3 is 2.67 bits per heavy atom. The molecule has 0 aliphatic rings. The number of furan rings is 1. The predicted octanol–water partition coefficient (Wildman–Crippen LogP) is 4.85. The number of amides is 1. The van der Waals surface area contributed by atoms with E-state index in [4.69, 9.17) is 16.0 Å². The second-order valence-corrected chi connectivity index (χ2v) is 6.14. The first-order chi connectivity index (χ1) is 11.4. The lowest BCUT2D eigenvalue weighted by molar-refractivity contribution is 0.0998. The Bertz CT molecular complexity index is 934. The number of rotatable bonds is 3. The summed E-state index contributed by atoms with van der Waals surface area (Å²) in [6.45, 7) is 1.73. The SMILES string of the molecule is Cc1c(C(=O)Nc2cc(Cl)ccc2N(C)C)oc2ccc(F)cc12. The molecule has 0 saturated heterocycles. The average Bonchev–Trinajstić information content (AvgIpc) is 2.84. The van der Waals surface area contributed by atoms with Gasteiger partial charge in [-0.25, -0.2) is 4.39 Å². The summed E-state index contributed by atoms with van der Waals surface area (Å²) in [6.07, 6.45) is 0. The van der Waals surface area contributed by atoms with E-state index in [1.54, 1.807) is 19.1 Å². The van der Waals surface area contributed by atoms with Gasteiger partial charge in [0.1, 0.15) is 11.4 Å². The molecule has 0 fully saturated rings. The number of nitrogens with one attached hydrogen (secondary N) is 1. The van der Waals surface area contributed by atoms with Gasteiger partial charge in [-0.1, -0.05) is 11.6 Å². The summed E-state index contributed by atoms with van der Waals surface area (Å²) < 4.78 is 19.0. The molecule has 1 heterocycles. The summed E-state index contributed by atoms with van der Waals surface area (Å²) in [6, 6.07) is 9.41. The molecule has 1 N–H and O–H groups in total. The monoisotopic (exact) mass is 346 g/mol. The van der Waals surface area contributed by atoms with Crippen molar-refractivity contribution in [3.8, 4) is 0 Å². The van der Waals surface area contributed by atoms with E-state index in [1.807, 2.05) is 25.1 Å². The van der Waals surface area contributed by atoms with Gasteiger partial charge in [0.05, 0.1) is 11.4 Å². The van der Waals surface area contributed by atoms with Crippen molar-refractivity contribution in [1.82, 2.24) is 0 Å².